The number of anilines is 12. The first-order chi connectivity index (χ1) is 61.6. The van der Waals surface area contributed by atoms with Gasteiger partial charge in [0.25, 0.3) is 13.4 Å². The third kappa shape index (κ3) is 11.0. The van der Waals surface area contributed by atoms with E-state index in [-0.39, 0.29) is 19.3 Å². The van der Waals surface area contributed by atoms with Crippen molar-refractivity contribution >= 4 is 126 Å². The molecule has 8 heteroatoms. The standard InChI is InChI=1S/C116H76B2N4OS/c1-9-38-76(39-10-1)86-54-27-33-64-100(86)119(83-50-21-7-22-51-83)85-70-107-114-109(71-85)123-108-75-111-95(73-99(108)118(114)97-63-32-36-67-103(97)121(107)101-65-34-28-55-87(101)77-40-11-2-12-41-77)116(92-60-29-25-56-90(92)91-57-26-30-61-93(91)116)94-72-98-104(74-110(94)124-111)122(115-88(78-42-13-3-14-43-78)58-37-59-89(115)79-44-15-4-16-45-79)106-69-82(112(80-46-17-5-18-47-80)81-48-19-6-20-49-81)68-105-113(106)117(98)96-62-31-35-66-102(96)120(105)84-52-23-8-24-53-84/h1-75,112H. The molecule has 0 saturated carbocycles. The molecule has 19 aromatic rings. The normalized spacial score (nSPS) is 13.4. The van der Waals surface area contributed by atoms with Gasteiger partial charge in [0.1, 0.15) is 11.5 Å². The molecule has 578 valence electrons. The molecule has 19 aromatic carbocycles. The molecule has 0 unspecified atom stereocenters. The van der Waals surface area contributed by atoms with E-state index in [0.717, 1.165) is 140 Å². The van der Waals surface area contributed by atoms with Gasteiger partial charge >= 0.3 is 0 Å². The highest BCUT2D eigenvalue weighted by atomic mass is 32.2. The molecule has 0 amide bonds. The highest BCUT2D eigenvalue weighted by Crippen LogP contribution is 2.65. The van der Waals surface area contributed by atoms with Gasteiger partial charge in [-0.25, -0.2) is 0 Å². The highest BCUT2D eigenvalue weighted by molar-refractivity contribution is 7.99. The lowest BCUT2D eigenvalue weighted by Gasteiger charge is -2.47. The van der Waals surface area contributed by atoms with Crippen LogP contribution in [0.1, 0.15) is 44.9 Å². The summed E-state index contributed by atoms with van der Waals surface area (Å²) < 4.78 is 8.11. The van der Waals surface area contributed by atoms with Crippen LogP contribution in [0, 0.1) is 0 Å². The molecule has 0 radical (unpaired) electrons. The van der Waals surface area contributed by atoms with E-state index in [1.807, 2.05) is 11.8 Å². The summed E-state index contributed by atoms with van der Waals surface area (Å²) in [6.07, 6.45) is 0. The summed E-state index contributed by atoms with van der Waals surface area (Å²) in [4.78, 5) is 12.6. The number of rotatable bonds is 13. The van der Waals surface area contributed by atoms with E-state index in [0.29, 0.717) is 0 Å². The van der Waals surface area contributed by atoms with Crippen molar-refractivity contribution in [1.29, 1.82) is 0 Å². The van der Waals surface area contributed by atoms with Gasteiger partial charge in [-0.15, -0.1) is 0 Å². The van der Waals surface area contributed by atoms with E-state index in [1.165, 1.54) is 76.8 Å². The Kier molecular flexibility index (Phi) is 16.7. The summed E-state index contributed by atoms with van der Waals surface area (Å²) in [5.41, 5.74) is 39.5. The number of para-hydroxylation sites is 7. The van der Waals surface area contributed by atoms with Crippen molar-refractivity contribution in [2.45, 2.75) is 21.1 Å². The smallest absolute Gasteiger partial charge is 0.256 e. The van der Waals surface area contributed by atoms with Crippen molar-refractivity contribution < 1.29 is 4.74 Å². The number of fused-ring (bicyclic) bond motifs is 17. The second-order valence-corrected chi connectivity index (χ2v) is 34.2. The zero-order valence-electron chi connectivity index (χ0n) is 67.6. The largest absolute Gasteiger partial charge is 0.458 e. The molecule has 0 bridgehead atoms. The first-order valence-corrected chi connectivity index (χ1v) is 43.8. The maximum Gasteiger partial charge on any atom is 0.256 e. The molecular weight excluding hydrogens is 1520 g/mol. The lowest BCUT2D eigenvalue weighted by atomic mass is 9.33. The van der Waals surface area contributed by atoms with Crippen LogP contribution >= 0.6 is 11.8 Å². The number of nitrogens with zero attached hydrogens (tertiary/aromatic N) is 4. The van der Waals surface area contributed by atoms with Gasteiger partial charge in [0.2, 0.25) is 0 Å². The Hall–Kier alpha value is -15.3. The molecule has 5 aliphatic heterocycles. The molecule has 0 atom stereocenters. The van der Waals surface area contributed by atoms with Gasteiger partial charge in [0, 0.05) is 89.5 Å². The van der Waals surface area contributed by atoms with Crippen molar-refractivity contribution in [3.8, 4) is 67.1 Å². The molecular formula is C116H76B2N4OS. The fraction of sp³-hybridized carbons (Fsp3) is 0.0172. The van der Waals surface area contributed by atoms with Crippen LogP contribution in [0.5, 0.6) is 11.5 Å². The fourth-order valence-electron chi connectivity index (χ4n) is 21.6. The second kappa shape index (κ2) is 29.0. The minimum Gasteiger partial charge on any atom is -0.458 e. The molecule has 5 heterocycles. The summed E-state index contributed by atoms with van der Waals surface area (Å²) in [7, 11) is 0. The molecule has 0 aromatic heterocycles. The van der Waals surface area contributed by atoms with Crippen molar-refractivity contribution in [1.82, 2.24) is 0 Å². The number of benzene rings is 19. The molecule has 25 rings (SSSR count). The van der Waals surface area contributed by atoms with E-state index in [2.05, 4.69) is 475 Å². The molecule has 124 heavy (non-hydrogen) atoms. The molecule has 0 fully saturated rings. The summed E-state index contributed by atoms with van der Waals surface area (Å²) in [5.74, 6) is 1.49. The van der Waals surface area contributed by atoms with Gasteiger partial charge in [0.05, 0.1) is 28.2 Å². The molecule has 6 aliphatic rings. The predicted octanol–water partition coefficient (Wildman–Crippen LogP) is 26.3. The van der Waals surface area contributed by atoms with Crippen LogP contribution < -0.4 is 57.1 Å². The molecule has 0 N–H and O–H groups in total. The van der Waals surface area contributed by atoms with Gasteiger partial charge in [-0.2, -0.15) is 0 Å². The monoisotopic (exact) mass is 1590 g/mol. The lowest BCUT2D eigenvalue weighted by molar-refractivity contribution is 0.485. The average molecular weight is 1600 g/mol. The second-order valence-electron chi connectivity index (χ2n) is 33.1. The van der Waals surface area contributed by atoms with Crippen molar-refractivity contribution in [3.63, 3.8) is 0 Å². The average Bonchev–Trinajstić information content (AvgIpc) is 1.34. The zero-order valence-corrected chi connectivity index (χ0v) is 68.5. The van der Waals surface area contributed by atoms with Gasteiger partial charge in [-0.1, -0.05) is 382 Å². The number of hydrogen-bond acceptors (Lipinski definition) is 6. The van der Waals surface area contributed by atoms with Crippen LogP contribution in [-0.4, -0.2) is 13.4 Å². The first-order valence-electron chi connectivity index (χ1n) is 43.0. The van der Waals surface area contributed by atoms with Gasteiger partial charge in [-0.3, -0.25) is 0 Å². The Labute approximate surface area is 727 Å². The molecule has 1 spiro atoms. The SMILES string of the molecule is c1ccc(-c2ccccc2N(c2ccccc2)c2cc3c4c(c2)N(c2ccccc2-c2ccccc2)c2ccccc2B4c2cc4c(cc2O3)Sc2cc3c(cc2C42c4ccccc4-c4ccccc42)B2c4ccccc4N(c4ccccc4)c4cc(C(c5ccccc5)c5ccccc5)cc(c42)N3c2c(-c3ccccc3)cccc2-c2ccccc2)cc1. The topological polar surface area (TPSA) is 22.2 Å². The maximum absolute atomic E-state index is 8.11. The van der Waals surface area contributed by atoms with E-state index < -0.39 is 5.41 Å². The summed E-state index contributed by atoms with van der Waals surface area (Å²) >= 11 is 1.89. The Morgan fingerprint density at radius 3 is 1.27 bits per heavy atom. The Bertz CT molecular complexity index is 7330. The zero-order chi connectivity index (χ0) is 81.5. The van der Waals surface area contributed by atoms with E-state index in [9.17, 15) is 0 Å². The summed E-state index contributed by atoms with van der Waals surface area (Å²) in [5, 5.41) is 0. The van der Waals surface area contributed by atoms with Crippen molar-refractivity contribution in [3.05, 3.63) is 494 Å². The van der Waals surface area contributed by atoms with Crippen LogP contribution in [0.3, 0.4) is 0 Å². The van der Waals surface area contributed by atoms with Crippen molar-refractivity contribution in [2.24, 2.45) is 0 Å². The van der Waals surface area contributed by atoms with Crippen LogP contribution in [0.15, 0.2) is 465 Å². The Morgan fingerprint density at radius 1 is 0.258 bits per heavy atom. The fourth-order valence-corrected chi connectivity index (χ4v) is 22.8. The van der Waals surface area contributed by atoms with Gasteiger partial charge in [0.15, 0.2) is 0 Å². The van der Waals surface area contributed by atoms with Crippen LogP contribution in [0.25, 0.3) is 55.6 Å². The van der Waals surface area contributed by atoms with E-state index in [4.69, 9.17) is 4.74 Å². The minimum absolute atomic E-state index is 0.147. The van der Waals surface area contributed by atoms with Crippen molar-refractivity contribution in [2.75, 3.05) is 19.6 Å². The number of ether oxygens (including phenoxy) is 1. The lowest BCUT2D eigenvalue weighted by Crippen LogP contribution is -2.61. The number of hydrogen-bond donors (Lipinski definition) is 0. The molecule has 0 saturated heterocycles. The third-order valence-corrected chi connectivity index (χ3v) is 27.7. The molecule has 5 nitrogen and oxygen atoms in total. The Morgan fingerprint density at radius 2 is 0.685 bits per heavy atom. The Balaban J connectivity index is 0.780. The predicted molar refractivity (Wildman–Crippen MR) is 518 cm³/mol. The maximum atomic E-state index is 8.11. The quantitative estimate of drug-likeness (QED) is 0.0842. The van der Waals surface area contributed by atoms with Crippen LogP contribution in [0.2, 0.25) is 0 Å². The van der Waals surface area contributed by atoms with E-state index >= 15 is 0 Å². The minimum atomic E-state index is -0.866. The summed E-state index contributed by atoms with van der Waals surface area (Å²) in [6, 6.07) is 171. The van der Waals surface area contributed by atoms with Crippen LogP contribution in [-0.2, 0) is 5.41 Å². The van der Waals surface area contributed by atoms with Gasteiger partial charge < -0.3 is 24.3 Å². The highest BCUT2D eigenvalue weighted by Gasteiger charge is 2.55. The third-order valence-electron chi connectivity index (χ3n) is 26.6. The molecule has 1 aliphatic carbocycles. The summed E-state index contributed by atoms with van der Waals surface area (Å²) in [6.45, 7) is -0.537. The van der Waals surface area contributed by atoms with Crippen LogP contribution in [0.4, 0.5) is 68.2 Å². The first kappa shape index (κ1) is 71.6. The van der Waals surface area contributed by atoms with E-state index in [1.54, 1.807) is 0 Å². The van der Waals surface area contributed by atoms with Gasteiger partial charge in [-0.05, 0) is 184 Å².